The van der Waals surface area contributed by atoms with Crippen molar-refractivity contribution in [2.75, 3.05) is 7.11 Å². The first-order valence-corrected chi connectivity index (χ1v) is 1.02. The molecule has 0 aromatic rings. The quantitative estimate of drug-likeness (QED) is 0.343. The van der Waals surface area contributed by atoms with E-state index in [1.807, 2.05) is 0 Å². The SMILES string of the molecule is C[O-].O=C([O-])[O-].[NH4+].[NH4+].[NH4+]. The highest BCUT2D eigenvalue weighted by Gasteiger charge is 1.26. The molecular formula is C2H15N3O4. The normalized spacial score (nSPS) is 3.33. The maximum absolute atomic E-state index is 8.33. The summed E-state index contributed by atoms with van der Waals surface area (Å²) < 4.78 is 0. The van der Waals surface area contributed by atoms with Crippen LogP contribution in [0.2, 0.25) is 0 Å². The molecular weight excluding hydrogens is 130 g/mol. The van der Waals surface area contributed by atoms with Crippen LogP contribution in [0, 0.1) is 0 Å². The molecule has 0 saturated carbocycles. The summed E-state index contributed by atoms with van der Waals surface area (Å²) in [5.74, 6) is 0. The van der Waals surface area contributed by atoms with Crippen molar-refractivity contribution in [3.63, 3.8) is 0 Å². The number of hydrogen-bond acceptors (Lipinski definition) is 4. The van der Waals surface area contributed by atoms with Crippen LogP contribution in [0.5, 0.6) is 0 Å². The van der Waals surface area contributed by atoms with E-state index in [0.29, 0.717) is 0 Å². The zero-order valence-corrected chi connectivity index (χ0v) is 6.13. The summed E-state index contributed by atoms with van der Waals surface area (Å²) in [4.78, 5) is 8.33. The van der Waals surface area contributed by atoms with E-state index in [4.69, 9.17) is 20.1 Å². The van der Waals surface area contributed by atoms with Crippen LogP contribution in [0.1, 0.15) is 0 Å². The molecule has 0 aliphatic carbocycles. The second kappa shape index (κ2) is 59.6. The van der Waals surface area contributed by atoms with Crippen LogP contribution in [0.4, 0.5) is 4.79 Å². The summed E-state index contributed by atoms with van der Waals surface area (Å²) in [7, 11) is 0.750. The van der Waals surface area contributed by atoms with Crippen molar-refractivity contribution in [3.05, 3.63) is 0 Å². The van der Waals surface area contributed by atoms with Gasteiger partial charge in [-0.1, -0.05) is 0 Å². The molecule has 0 fully saturated rings. The Morgan fingerprint density at radius 3 is 1.00 bits per heavy atom. The van der Waals surface area contributed by atoms with Crippen molar-refractivity contribution in [2.45, 2.75) is 0 Å². The van der Waals surface area contributed by atoms with E-state index in [-0.39, 0.29) is 18.5 Å². The fourth-order valence-corrected chi connectivity index (χ4v) is 0. The Kier molecular flexibility index (Phi) is 281. The van der Waals surface area contributed by atoms with E-state index in [2.05, 4.69) is 0 Å². The highest BCUT2D eigenvalue weighted by Crippen LogP contribution is 1.21. The molecule has 7 heteroatoms. The molecule has 0 aliphatic rings. The maximum atomic E-state index is 8.33. The number of carbonyl (C=O) groups is 1. The second-order valence-electron chi connectivity index (χ2n) is 0.250. The van der Waals surface area contributed by atoms with Gasteiger partial charge < -0.3 is 38.6 Å². The molecule has 0 radical (unpaired) electrons. The lowest BCUT2D eigenvalue weighted by Crippen LogP contribution is -2.37. The first kappa shape index (κ1) is 42.4. The van der Waals surface area contributed by atoms with Crippen molar-refractivity contribution >= 4 is 6.16 Å². The third-order valence-electron chi connectivity index (χ3n) is 0. The Morgan fingerprint density at radius 2 is 1.00 bits per heavy atom. The first-order valence-electron chi connectivity index (χ1n) is 1.02. The van der Waals surface area contributed by atoms with Crippen molar-refractivity contribution in [3.8, 4) is 0 Å². The molecule has 0 saturated heterocycles. The van der Waals surface area contributed by atoms with Crippen LogP contribution in [0.25, 0.3) is 0 Å². The fraction of sp³-hybridized carbons (Fsp3) is 0.500. The summed E-state index contributed by atoms with van der Waals surface area (Å²) >= 11 is 0. The smallest absolute Gasteiger partial charge is 0.0431 e. The zero-order valence-electron chi connectivity index (χ0n) is 6.13. The minimum Gasteiger partial charge on any atom is -0.857 e. The number of rotatable bonds is 0. The Bertz CT molecular complexity index is 36.8. The predicted octanol–water partition coefficient (Wildman–Crippen LogP) is -2.34. The van der Waals surface area contributed by atoms with Gasteiger partial charge in [-0.3, -0.25) is 0 Å². The molecule has 0 aromatic heterocycles. The van der Waals surface area contributed by atoms with Crippen molar-refractivity contribution in [1.82, 2.24) is 18.5 Å². The molecule has 0 unspecified atom stereocenters. The van der Waals surface area contributed by atoms with Crippen LogP contribution in [0.3, 0.4) is 0 Å². The van der Waals surface area contributed by atoms with Crippen molar-refractivity contribution < 1.29 is 20.1 Å². The minimum absolute atomic E-state index is 0. The van der Waals surface area contributed by atoms with Gasteiger partial charge in [0.2, 0.25) is 0 Å². The minimum atomic E-state index is -2.33. The Labute approximate surface area is 53.1 Å². The largest absolute Gasteiger partial charge is 0.857 e. The van der Waals surface area contributed by atoms with Crippen LogP contribution in [-0.4, -0.2) is 13.3 Å². The van der Waals surface area contributed by atoms with Gasteiger partial charge in [-0.25, -0.2) is 0 Å². The standard InChI is InChI=1S/CH2O3.CH3O.3H3N/c2-1(3)4;1-2;;;/h(H2,2,3,4);1H3;3*1H3/q;-1;;;/p+1. The molecule has 7 nitrogen and oxygen atoms in total. The van der Waals surface area contributed by atoms with Gasteiger partial charge in [0, 0.05) is 0 Å². The lowest BCUT2D eigenvalue weighted by atomic mass is 11.5. The van der Waals surface area contributed by atoms with Crippen molar-refractivity contribution in [2.24, 2.45) is 0 Å². The van der Waals surface area contributed by atoms with E-state index in [0.717, 1.165) is 7.11 Å². The number of carboxylic acid groups (broad SMARTS) is 2. The number of carbonyl (C=O) groups excluding carboxylic acids is 1. The van der Waals surface area contributed by atoms with Gasteiger partial charge >= 0.3 is 0 Å². The first-order chi connectivity index (χ1) is 2.73. The maximum Gasteiger partial charge on any atom is -0.0431 e. The summed E-state index contributed by atoms with van der Waals surface area (Å²) in [5, 5.41) is 24.9. The molecule has 0 aliphatic heterocycles. The number of hydrogen-bond donors (Lipinski definition) is 3. The monoisotopic (exact) mass is 145 g/mol. The molecule has 0 spiro atoms. The molecule has 0 bridgehead atoms. The van der Waals surface area contributed by atoms with Gasteiger partial charge in [-0.05, 0) is 6.16 Å². The highest BCUT2D eigenvalue weighted by atomic mass is 16.6. The molecule has 0 atom stereocenters. The summed E-state index contributed by atoms with van der Waals surface area (Å²) in [6.07, 6.45) is -2.33. The third-order valence-corrected chi connectivity index (χ3v) is 0. The lowest BCUT2D eigenvalue weighted by molar-refractivity contribution is -0.415. The van der Waals surface area contributed by atoms with E-state index in [1.54, 1.807) is 0 Å². The van der Waals surface area contributed by atoms with Crippen LogP contribution in [-0.2, 0) is 0 Å². The second-order valence-corrected chi connectivity index (χ2v) is 0.250. The van der Waals surface area contributed by atoms with Gasteiger partial charge in [-0.15, -0.1) is 0 Å². The van der Waals surface area contributed by atoms with E-state index in [1.165, 1.54) is 0 Å². The average Bonchev–Trinajstić information content (AvgIpc) is 1.41. The molecule has 0 heterocycles. The van der Waals surface area contributed by atoms with Crippen LogP contribution in [0.15, 0.2) is 0 Å². The number of quaternary nitrogens is 3. The Morgan fingerprint density at radius 1 is 1.00 bits per heavy atom. The summed E-state index contributed by atoms with van der Waals surface area (Å²) in [6, 6.07) is 0. The average molecular weight is 145 g/mol. The van der Waals surface area contributed by atoms with Gasteiger partial charge in [0.25, 0.3) is 0 Å². The molecule has 62 valence electrons. The zero-order chi connectivity index (χ0) is 5.58. The van der Waals surface area contributed by atoms with Crippen LogP contribution >= 0.6 is 0 Å². The van der Waals surface area contributed by atoms with Crippen molar-refractivity contribution in [1.29, 1.82) is 0 Å². The van der Waals surface area contributed by atoms with Gasteiger partial charge in [0.05, 0.1) is 0 Å². The summed E-state index contributed by atoms with van der Waals surface area (Å²) in [5.41, 5.74) is 0. The van der Waals surface area contributed by atoms with Crippen LogP contribution < -0.4 is 33.8 Å². The molecule has 0 amide bonds. The Balaban J connectivity index is -0.00000000990. The lowest BCUT2D eigenvalue weighted by Gasteiger charge is -1.96. The van der Waals surface area contributed by atoms with E-state index >= 15 is 0 Å². The summed E-state index contributed by atoms with van der Waals surface area (Å²) in [6.45, 7) is 0. The fourth-order valence-electron chi connectivity index (χ4n) is 0. The van der Waals surface area contributed by atoms with E-state index < -0.39 is 6.16 Å². The van der Waals surface area contributed by atoms with Gasteiger partial charge in [0.1, 0.15) is 0 Å². The Hall–Kier alpha value is -0.890. The topological polar surface area (TPSA) is 196 Å². The van der Waals surface area contributed by atoms with E-state index in [9.17, 15) is 0 Å². The molecule has 0 rings (SSSR count). The molecule has 12 N–H and O–H groups in total. The third kappa shape index (κ3) is 234. The molecule has 0 aromatic carbocycles. The highest BCUT2D eigenvalue weighted by molar-refractivity contribution is 5.47. The van der Waals surface area contributed by atoms with Gasteiger partial charge in [-0.2, -0.15) is 7.11 Å². The van der Waals surface area contributed by atoms with Gasteiger partial charge in [0.15, 0.2) is 0 Å². The molecule has 9 heavy (non-hydrogen) atoms. The predicted molar refractivity (Wildman–Crippen MR) is 29.3 cm³/mol.